The fraction of sp³-hybridized carbons (Fsp3) is 0.833. The van der Waals surface area contributed by atoms with Crippen molar-refractivity contribution in [2.24, 2.45) is 0 Å². The minimum atomic E-state index is 0.704. The maximum atomic E-state index is 3.75. The van der Waals surface area contributed by atoms with Crippen molar-refractivity contribution in [2.45, 2.75) is 57.9 Å². The highest BCUT2D eigenvalue weighted by atomic mass is 14.9. The molecule has 0 heterocycles. The highest BCUT2D eigenvalue weighted by Crippen LogP contribution is 2.09. The van der Waals surface area contributed by atoms with Crippen molar-refractivity contribution in [3.8, 4) is 0 Å². The molecule has 0 aromatic carbocycles. The summed E-state index contributed by atoms with van der Waals surface area (Å²) in [5.74, 6) is 0. The van der Waals surface area contributed by atoms with Crippen LogP contribution in [0, 0.1) is 0 Å². The van der Waals surface area contributed by atoms with Gasteiger partial charge in [-0.2, -0.15) is 0 Å². The molecule has 0 aromatic heterocycles. The topological polar surface area (TPSA) is 12.0 Å². The third kappa shape index (κ3) is 8.04. The first kappa shape index (κ1) is 12.7. The van der Waals surface area contributed by atoms with E-state index in [1.807, 2.05) is 6.08 Å². The zero-order valence-corrected chi connectivity index (χ0v) is 9.31. The highest BCUT2D eigenvalue weighted by molar-refractivity contribution is 4.72. The van der Waals surface area contributed by atoms with Crippen molar-refractivity contribution >= 4 is 0 Å². The maximum absolute atomic E-state index is 3.75. The van der Waals surface area contributed by atoms with Gasteiger partial charge in [-0.3, -0.25) is 0 Å². The Kier molecular flexibility index (Phi) is 9.56. The summed E-state index contributed by atoms with van der Waals surface area (Å²) in [4.78, 5) is 0. The van der Waals surface area contributed by atoms with Gasteiger partial charge in [0.1, 0.15) is 0 Å². The van der Waals surface area contributed by atoms with Crippen molar-refractivity contribution in [1.82, 2.24) is 5.32 Å². The van der Waals surface area contributed by atoms with Gasteiger partial charge in [0.05, 0.1) is 0 Å². The first-order chi connectivity index (χ1) is 6.35. The van der Waals surface area contributed by atoms with E-state index in [0.717, 1.165) is 6.42 Å². The monoisotopic (exact) mass is 183 g/mol. The predicted octanol–water partition coefficient (Wildman–Crippen LogP) is 3.51. The summed E-state index contributed by atoms with van der Waals surface area (Å²) in [5.41, 5.74) is 0. The molecule has 0 saturated heterocycles. The molecular formula is C12H25N. The Balaban J connectivity index is 3.30. The average molecular weight is 183 g/mol. The molecule has 1 atom stereocenters. The number of rotatable bonds is 9. The van der Waals surface area contributed by atoms with Crippen molar-refractivity contribution in [3.63, 3.8) is 0 Å². The summed E-state index contributed by atoms with van der Waals surface area (Å²) >= 11 is 0. The summed E-state index contributed by atoms with van der Waals surface area (Å²) in [6, 6.07) is 0.704. The third-order valence-electron chi connectivity index (χ3n) is 2.53. The Morgan fingerprint density at radius 2 is 2.00 bits per heavy atom. The van der Waals surface area contributed by atoms with Crippen LogP contribution < -0.4 is 5.32 Å². The lowest BCUT2D eigenvalue weighted by Gasteiger charge is -2.14. The Bertz CT molecular complexity index is 110. The molecule has 0 saturated carbocycles. The van der Waals surface area contributed by atoms with Gasteiger partial charge in [-0.25, -0.2) is 0 Å². The lowest BCUT2D eigenvalue weighted by atomic mass is 10.0. The lowest BCUT2D eigenvalue weighted by Crippen LogP contribution is -2.24. The van der Waals surface area contributed by atoms with Crippen LogP contribution in [0.5, 0.6) is 0 Å². The Hall–Kier alpha value is -0.300. The fourth-order valence-corrected chi connectivity index (χ4v) is 1.57. The van der Waals surface area contributed by atoms with E-state index in [1.165, 1.54) is 38.5 Å². The molecule has 1 heteroatoms. The molecular weight excluding hydrogens is 158 g/mol. The summed E-state index contributed by atoms with van der Waals surface area (Å²) < 4.78 is 0. The molecule has 0 fully saturated rings. The van der Waals surface area contributed by atoms with Gasteiger partial charge in [0, 0.05) is 6.04 Å². The highest BCUT2D eigenvalue weighted by Gasteiger charge is 2.03. The SMILES string of the molecule is C=CCCC(CCCCCC)NC. The predicted molar refractivity (Wildman–Crippen MR) is 61.0 cm³/mol. The summed E-state index contributed by atoms with van der Waals surface area (Å²) in [7, 11) is 2.06. The first-order valence-corrected chi connectivity index (χ1v) is 5.63. The van der Waals surface area contributed by atoms with Gasteiger partial charge in [-0.15, -0.1) is 6.58 Å². The Morgan fingerprint density at radius 3 is 2.54 bits per heavy atom. The zero-order chi connectivity index (χ0) is 9.94. The average Bonchev–Trinajstić information content (AvgIpc) is 2.17. The van der Waals surface area contributed by atoms with Gasteiger partial charge in [0.2, 0.25) is 0 Å². The molecule has 1 N–H and O–H groups in total. The second kappa shape index (κ2) is 9.79. The van der Waals surface area contributed by atoms with E-state index in [-0.39, 0.29) is 0 Å². The second-order valence-electron chi connectivity index (χ2n) is 3.70. The Morgan fingerprint density at radius 1 is 1.23 bits per heavy atom. The van der Waals surface area contributed by atoms with Crippen LogP contribution in [0.2, 0.25) is 0 Å². The molecule has 0 spiro atoms. The van der Waals surface area contributed by atoms with Gasteiger partial charge in [0.25, 0.3) is 0 Å². The number of nitrogens with one attached hydrogen (secondary N) is 1. The van der Waals surface area contributed by atoms with Gasteiger partial charge < -0.3 is 5.32 Å². The van der Waals surface area contributed by atoms with Gasteiger partial charge in [0.15, 0.2) is 0 Å². The molecule has 0 aliphatic heterocycles. The van der Waals surface area contributed by atoms with Crippen LogP contribution >= 0.6 is 0 Å². The van der Waals surface area contributed by atoms with Gasteiger partial charge >= 0.3 is 0 Å². The fourth-order valence-electron chi connectivity index (χ4n) is 1.57. The summed E-state index contributed by atoms with van der Waals surface area (Å²) in [5, 5.41) is 3.37. The van der Waals surface area contributed by atoms with E-state index >= 15 is 0 Å². The van der Waals surface area contributed by atoms with Crippen LogP contribution in [0.15, 0.2) is 12.7 Å². The number of hydrogen-bond acceptors (Lipinski definition) is 1. The van der Waals surface area contributed by atoms with Crippen molar-refractivity contribution in [3.05, 3.63) is 12.7 Å². The van der Waals surface area contributed by atoms with Crippen molar-refractivity contribution in [2.75, 3.05) is 7.05 Å². The summed E-state index contributed by atoms with van der Waals surface area (Å²) in [6.07, 6.45) is 11.2. The standard InChI is InChI=1S/C12H25N/c1-4-6-8-9-11-12(13-3)10-7-5-2/h5,12-13H,2,4,6-11H2,1,3H3. The smallest absolute Gasteiger partial charge is 0.00670 e. The van der Waals surface area contributed by atoms with E-state index in [9.17, 15) is 0 Å². The van der Waals surface area contributed by atoms with E-state index < -0.39 is 0 Å². The van der Waals surface area contributed by atoms with Crippen molar-refractivity contribution < 1.29 is 0 Å². The molecule has 0 bridgehead atoms. The molecule has 78 valence electrons. The van der Waals surface area contributed by atoms with Crippen LogP contribution in [-0.4, -0.2) is 13.1 Å². The minimum absolute atomic E-state index is 0.704. The third-order valence-corrected chi connectivity index (χ3v) is 2.53. The number of unbranched alkanes of at least 4 members (excludes halogenated alkanes) is 3. The second-order valence-corrected chi connectivity index (χ2v) is 3.70. The molecule has 1 nitrogen and oxygen atoms in total. The normalized spacial score (nSPS) is 12.8. The lowest BCUT2D eigenvalue weighted by molar-refractivity contribution is 0.464. The first-order valence-electron chi connectivity index (χ1n) is 5.63. The molecule has 0 aliphatic rings. The largest absolute Gasteiger partial charge is 0.317 e. The quantitative estimate of drug-likeness (QED) is 0.426. The zero-order valence-electron chi connectivity index (χ0n) is 9.31. The van der Waals surface area contributed by atoms with Crippen LogP contribution in [-0.2, 0) is 0 Å². The van der Waals surface area contributed by atoms with Crippen LogP contribution in [0.4, 0.5) is 0 Å². The van der Waals surface area contributed by atoms with Crippen LogP contribution in [0.25, 0.3) is 0 Å². The summed E-state index contributed by atoms with van der Waals surface area (Å²) in [6.45, 7) is 6.01. The number of allylic oxidation sites excluding steroid dienone is 1. The van der Waals surface area contributed by atoms with Gasteiger partial charge in [-0.1, -0.05) is 38.7 Å². The van der Waals surface area contributed by atoms with Crippen LogP contribution in [0.1, 0.15) is 51.9 Å². The molecule has 1 unspecified atom stereocenters. The van der Waals surface area contributed by atoms with Crippen LogP contribution in [0.3, 0.4) is 0 Å². The van der Waals surface area contributed by atoms with Crippen molar-refractivity contribution in [1.29, 1.82) is 0 Å². The van der Waals surface area contributed by atoms with E-state index in [2.05, 4.69) is 25.9 Å². The molecule has 0 amide bonds. The molecule has 0 radical (unpaired) electrons. The molecule has 0 aliphatic carbocycles. The van der Waals surface area contributed by atoms with Gasteiger partial charge in [-0.05, 0) is 26.3 Å². The van der Waals surface area contributed by atoms with E-state index in [1.54, 1.807) is 0 Å². The molecule has 0 aromatic rings. The number of hydrogen-bond donors (Lipinski definition) is 1. The maximum Gasteiger partial charge on any atom is 0.00670 e. The van der Waals surface area contributed by atoms with E-state index in [0.29, 0.717) is 6.04 Å². The Labute approximate surface area is 83.6 Å². The van der Waals surface area contributed by atoms with E-state index in [4.69, 9.17) is 0 Å². The molecule has 13 heavy (non-hydrogen) atoms. The minimum Gasteiger partial charge on any atom is -0.317 e. The molecule has 0 rings (SSSR count).